The van der Waals surface area contributed by atoms with Crippen LogP contribution in [0.4, 0.5) is 0 Å². The van der Waals surface area contributed by atoms with Crippen molar-refractivity contribution in [3.63, 3.8) is 0 Å². The predicted octanol–water partition coefficient (Wildman–Crippen LogP) is 4.40. The van der Waals surface area contributed by atoms with E-state index in [2.05, 4.69) is 46.6 Å². The molecule has 0 bridgehead atoms. The number of methoxy groups -OCH3 is 1. The van der Waals surface area contributed by atoms with Crippen molar-refractivity contribution >= 4 is 28.5 Å². The average Bonchev–Trinajstić information content (AvgIpc) is 3.85. The zero-order valence-electron chi connectivity index (χ0n) is 25.4. The molecule has 2 amide bonds. The van der Waals surface area contributed by atoms with Crippen LogP contribution in [-0.4, -0.2) is 85.4 Å². The fourth-order valence-electron chi connectivity index (χ4n) is 5.79. The number of likely N-dealkylation sites (tertiary alicyclic amines) is 2. The molecule has 2 atom stereocenters. The predicted molar refractivity (Wildman–Crippen MR) is 163 cm³/mol. The van der Waals surface area contributed by atoms with Crippen molar-refractivity contribution in [2.24, 2.45) is 11.8 Å². The molecule has 2 fully saturated rings. The van der Waals surface area contributed by atoms with Gasteiger partial charge in [-0.15, -0.1) is 0 Å². The first-order chi connectivity index (χ1) is 21.0. The molecule has 2 aliphatic rings. The number of carbonyl (C=O) groups is 3. The summed E-state index contributed by atoms with van der Waals surface area (Å²) in [5, 5.41) is 4.44. The Kier molecular flexibility index (Phi) is 11.8. The number of ether oxygens (including phenoxy) is 1. The zero-order valence-corrected chi connectivity index (χ0v) is 28.2. The minimum atomic E-state index is -0.626. The molecule has 0 saturated carbocycles. The molecule has 1 N–H and O–H groups in total. The number of unbranched alkanes of at least 4 members (excludes halogenated alkanes) is 4. The molecule has 0 aliphatic carbocycles. The van der Waals surface area contributed by atoms with Crippen LogP contribution in [0.3, 0.4) is 0 Å². The Bertz CT molecular complexity index is 1550. The maximum Gasteiger partial charge on any atom is 0.295 e. The van der Waals surface area contributed by atoms with E-state index in [1.807, 2.05) is 35.2 Å². The molecule has 44 heavy (non-hydrogen) atoms. The number of benzene rings is 1. The molecular formula is C32H39N7O4Y-2. The number of H-pyrrole nitrogens is 1. The van der Waals surface area contributed by atoms with Crippen LogP contribution in [-0.2, 0) is 37.5 Å². The molecule has 1 radical (unpaired) electrons. The Morgan fingerprint density at radius 3 is 2.30 bits per heavy atom. The number of carbonyl (C=O) groups excluding carboxylic acids is 3. The van der Waals surface area contributed by atoms with Crippen LogP contribution in [0.5, 0.6) is 5.75 Å². The Hall–Kier alpha value is -3.44. The quantitative estimate of drug-likeness (QED) is 0.121. The number of nitrogens with zero attached hydrogens (tertiary/aromatic N) is 6. The second-order valence-electron chi connectivity index (χ2n) is 10.9. The number of aromatic amines is 1. The van der Waals surface area contributed by atoms with Gasteiger partial charge in [0, 0.05) is 83.9 Å². The first-order valence-corrected chi connectivity index (χ1v) is 14.8. The Morgan fingerprint density at radius 2 is 1.70 bits per heavy atom. The van der Waals surface area contributed by atoms with Gasteiger partial charge in [0.05, 0.1) is 29.8 Å². The van der Waals surface area contributed by atoms with Crippen LogP contribution in [0.25, 0.3) is 16.7 Å². The summed E-state index contributed by atoms with van der Waals surface area (Å²) >= 11 is 0. The van der Waals surface area contributed by atoms with Gasteiger partial charge in [0.1, 0.15) is 5.75 Å². The third kappa shape index (κ3) is 7.10. The van der Waals surface area contributed by atoms with Gasteiger partial charge in [-0.25, -0.2) is 4.98 Å². The molecule has 5 heterocycles. The van der Waals surface area contributed by atoms with Crippen LogP contribution in [0.2, 0.25) is 0 Å². The molecule has 4 aromatic rings. The Balaban J connectivity index is 0.000000554. The van der Waals surface area contributed by atoms with Crippen LogP contribution in [0.15, 0.2) is 49.1 Å². The van der Waals surface area contributed by atoms with E-state index >= 15 is 0 Å². The van der Waals surface area contributed by atoms with Gasteiger partial charge in [0.15, 0.2) is 5.82 Å². The number of Topliss-reactive ketones (excluding diaryl/α,β-unsaturated/α-hetero) is 1. The first kappa shape index (κ1) is 33.5. The SMILES string of the molecule is CCC[CH-]CCC.COc1cnc(-n2cn[c-]n2)c2[nH]cc(C(=O)C(=O)N3CC4CN(C(=O)c5ccccc5)CC4C3)c12.[HH].[Y]. The van der Waals surface area contributed by atoms with Crippen molar-refractivity contribution in [2.75, 3.05) is 33.3 Å². The normalized spacial score (nSPS) is 17.1. The van der Waals surface area contributed by atoms with Crippen molar-refractivity contribution in [1.29, 1.82) is 0 Å². The van der Waals surface area contributed by atoms with Gasteiger partial charge in [-0.2, -0.15) is 12.8 Å². The molecule has 12 heteroatoms. The van der Waals surface area contributed by atoms with E-state index < -0.39 is 11.7 Å². The van der Waals surface area contributed by atoms with Crippen molar-refractivity contribution in [3.8, 4) is 11.6 Å². The third-order valence-electron chi connectivity index (χ3n) is 7.97. The van der Waals surface area contributed by atoms with Crippen molar-refractivity contribution < 1.29 is 53.3 Å². The van der Waals surface area contributed by atoms with E-state index in [9.17, 15) is 14.4 Å². The molecule has 6 rings (SSSR count). The summed E-state index contributed by atoms with van der Waals surface area (Å²) in [7, 11) is 1.48. The van der Waals surface area contributed by atoms with E-state index in [1.54, 1.807) is 4.90 Å². The van der Waals surface area contributed by atoms with Gasteiger partial charge in [-0.05, 0) is 24.8 Å². The number of fused-ring (bicyclic) bond motifs is 2. The third-order valence-corrected chi connectivity index (χ3v) is 7.97. The molecule has 3 aromatic heterocycles. The number of pyridine rings is 1. The minimum absolute atomic E-state index is 0. The van der Waals surface area contributed by atoms with Crippen LogP contribution in [0.1, 0.15) is 61.7 Å². The van der Waals surface area contributed by atoms with E-state index in [0.29, 0.717) is 54.2 Å². The monoisotopic (exact) mass is 674 g/mol. The van der Waals surface area contributed by atoms with E-state index in [4.69, 9.17) is 4.74 Å². The van der Waals surface area contributed by atoms with Gasteiger partial charge < -0.3 is 35.6 Å². The van der Waals surface area contributed by atoms with E-state index in [1.165, 1.54) is 56.2 Å². The van der Waals surface area contributed by atoms with Crippen LogP contribution < -0.4 is 4.74 Å². The number of ketones is 1. The standard InChI is InChI=1S/C25H22N7O4.C7H15.Y.H2/c1-36-19-8-28-23(32-14-26-13-29-32)21-20(19)18(7-27-21)22(33)25(35)31-11-16-9-30(10-17(16)12-31)24(34)15-5-3-2-4-6-15;1-3-5-7-6-4-2;;/h2-8,14,16-17,27H,9-12H2,1H3;7H,3-6H2,1-2H3;;1H/q2*-1;;. The summed E-state index contributed by atoms with van der Waals surface area (Å²) in [5.74, 6) is -0.134. The maximum atomic E-state index is 13.4. The molecule has 2 aliphatic heterocycles. The number of hydrogen-bond acceptors (Lipinski definition) is 7. The van der Waals surface area contributed by atoms with Crippen molar-refractivity contribution in [1.82, 2.24) is 34.5 Å². The number of rotatable bonds is 9. The van der Waals surface area contributed by atoms with Gasteiger partial charge in [-0.1, -0.05) is 44.9 Å². The topological polar surface area (TPSA) is 126 Å². The van der Waals surface area contributed by atoms with Gasteiger partial charge >= 0.3 is 0 Å². The molecule has 2 saturated heterocycles. The average molecular weight is 675 g/mol. The molecule has 0 spiro atoms. The van der Waals surface area contributed by atoms with E-state index in [0.717, 1.165) is 0 Å². The molecular weight excluding hydrogens is 635 g/mol. The molecule has 11 nitrogen and oxygen atoms in total. The Morgan fingerprint density at radius 1 is 1.05 bits per heavy atom. The second-order valence-corrected chi connectivity index (χ2v) is 10.9. The summed E-state index contributed by atoms with van der Waals surface area (Å²) < 4.78 is 6.85. The smallest absolute Gasteiger partial charge is 0.295 e. The summed E-state index contributed by atoms with van der Waals surface area (Å²) in [6.07, 6.45) is 14.5. The minimum Gasteiger partial charge on any atom is -0.494 e. The van der Waals surface area contributed by atoms with Crippen molar-refractivity contribution in [2.45, 2.75) is 39.5 Å². The zero-order chi connectivity index (χ0) is 30.3. The Labute approximate surface area is 284 Å². The van der Waals surface area contributed by atoms with E-state index in [-0.39, 0.29) is 57.4 Å². The summed E-state index contributed by atoms with van der Waals surface area (Å²) in [4.78, 5) is 54.1. The van der Waals surface area contributed by atoms with Gasteiger partial charge in [0.2, 0.25) is 0 Å². The largest absolute Gasteiger partial charge is 0.494 e. The summed E-state index contributed by atoms with van der Waals surface area (Å²) in [6.45, 7) is 6.45. The van der Waals surface area contributed by atoms with Crippen molar-refractivity contribution in [3.05, 3.63) is 72.9 Å². The first-order valence-electron chi connectivity index (χ1n) is 14.8. The number of amides is 2. The maximum absolute atomic E-state index is 13.4. The number of aromatic nitrogens is 5. The summed E-state index contributed by atoms with van der Waals surface area (Å²) in [5.41, 5.74) is 1.36. The molecule has 231 valence electrons. The molecule has 2 unspecified atom stereocenters. The fourth-order valence-corrected chi connectivity index (χ4v) is 5.79. The van der Waals surface area contributed by atoms with Gasteiger partial charge in [0.25, 0.3) is 17.6 Å². The number of nitrogens with one attached hydrogen (secondary N) is 1. The second kappa shape index (κ2) is 15.5. The summed E-state index contributed by atoms with van der Waals surface area (Å²) in [6, 6.07) is 9.19. The van der Waals surface area contributed by atoms with Crippen LogP contribution in [0, 0.1) is 24.6 Å². The molecule has 1 aromatic carbocycles. The fraction of sp³-hybridized carbons (Fsp3) is 0.406. The van der Waals surface area contributed by atoms with Gasteiger partial charge in [-0.3, -0.25) is 19.5 Å². The number of hydrogen-bond donors (Lipinski definition) is 1. The van der Waals surface area contributed by atoms with Crippen LogP contribution >= 0.6 is 0 Å².